The summed E-state index contributed by atoms with van der Waals surface area (Å²) in [5, 5.41) is 9.46. The number of carbonyl (C=O) groups excluding carboxylic acids is 1. The lowest BCUT2D eigenvalue weighted by atomic mass is 9.80. The van der Waals surface area contributed by atoms with Crippen molar-refractivity contribution in [1.82, 2.24) is 4.90 Å². The SMILES string of the molecule is CC(O)CCC1CCC(C)(C)CN1C(=O)OC(C)(C)C. The lowest BCUT2D eigenvalue weighted by Gasteiger charge is -2.44. The van der Waals surface area contributed by atoms with Crippen LogP contribution < -0.4 is 0 Å². The number of nitrogens with zero attached hydrogens (tertiary/aromatic N) is 1. The first kappa shape index (κ1) is 17.3. The van der Waals surface area contributed by atoms with Crippen LogP contribution >= 0.6 is 0 Å². The molecule has 0 spiro atoms. The maximum absolute atomic E-state index is 12.4. The molecule has 0 aliphatic carbocycles. The van der Waals surface area contributed by atoms with Gasteiger partial charge in [-0.25, -0.2) is 4.79 Å². The first-order valence-corrected chi connectivity index (χ1v) is 7.68. The predicted octanol–water partition coefficient (Wildman–Crippen LogP) is 3.57. The molecule has 0 bridgehead atoms. The Balaban J connectivity index is 2.74. The molecule has 0 aromatic heterocycles. The van der Waals surface area contributed by atoms with E-state index in [1.807, 2.05) is 25.7 Å². The summed E-state index contributed by atoms with van der Waals surface area (Å²) in [5.74, 6) is 0. The van der Waals surface area contributed by atoms with E-state index in [9.17, 15) is 9.90 Å². The van der Waals surface area contributed by atoms with E-state index in [2.05, 4.69) is 13.8 Å². The van der Waals surface area contributed by atoms with E-state index >= 15 is 0 Å². The highest BCUT2D eigenvalue weighted by molar-refractivity contribution is 5.68. The number of carbonyl (C=O) groups is 1. The molecule has 2 unspecified atom stereocenters. The normalized spacial score (nSPS) is 24.4. The second kappa shape index (κ2) is 6.33. The van der Waals surface area contributed by atoms with E-state index < -0.39 is 5.60 Å². The molecule has 4 heteroatoms. The summed E-state index contributed by atoms with van der Waals surface area (Å²) in [6.07, 6.45) is 3.12. The van der Waals surface area contributed by atoms with Crippen LogP contribution in [0.15, 0.2) is 0 Å². The monoisotopic (exact) mass is 285 g/mol. The highest BCUT2D eigenvalue weighted by Crippen LogP contribution is 2.34. The molecular weight excluding hydrogens is 254 g/mol. The molecule has 1 aliphatic heterocycles. The van der Waals surface area contributed by atoms with Crippen LogP contribution in [0.5, 0.6) is 0 Å². The fraction of sp³-hybridized carbons (Fsp3) is 0.938. The van der Waals surface area contributed by atoms with E-state index in [0.29, 0.717) is 0 Å². The highest BCUT2D eigenvalue weighted by Gasteiger charge is 2.37. The summed E-state index contributed by atoms with van der Waals surface area (Å²) in [6, 6.07) is 0.187. The average molecular weight is 285 g/mol. The molecule has 1 N–H and O–H groups in total. The molecule has 0 saturated carbocycles. The van der Waals surface area contributed by atoms with Gasteiger partial charge in [0.1, 0.15) is 5.60 Å². The molecule has 2 atom stereocenters. The summed E-state index contributed by atoms with van der Waals surface area (Å²) in [4.78, 5) is 14.3. The minimum absolute atomic E-state index is 0.137. The van der Waals surface area contributed by atoms with Gasteiger partial charge in [-0.3, -0.25) is 0 Å². The minimum Gasteiger partial charge on any atom is -0.444 e. The van der Waals surface area contributed by atoms with Crippen molar-refractivity contribution in [2.24, 2.45) is 5.41 Å². The third kappa shape index (κ3) is 5.70. The molecule has 0 aromatic carbocycles. The number of hydrogen-bond donors (Lipinski definition) is 1. The van der Waals surface area contributed by atoms with Crippen LogP contribution in [0.1, 0.15) is 67.2 Å². The maximum Gasteiger partial charge on any atom is 0.410 e. The Bertz CT molecular complexity index is 329. The maximum atomic E-state index is 12.4. The zero-order valence-corrected chi connectivity index (χ0v) is 13.9. The number of aliphatic hydroxyl groups is 1. The Morgan fingerprint density at radius 1 is 1.45 bits per heavy atom. The molecule has 1 heterocycles. The topological polar surface area (TPSA) is 49.8 Å². The molecule has 1 aliphatic rings. The second-order valence-electron chi connectivity index (χ2n) is 7.89. The lowest BCUT2D eigenvalue weighted by Crippen LogP contribution is -2.51. The molecule has 0 radical (unpaired) electrons. The van der Waals surface area contributed by atoms with Gasteiger partial charge >= 0.3 is 6.09 Å². The Kier molecular flexibility index (Phi) is 5.47. The van der Waals surface area contributed by atoms with Crippen LogP contribution in [0, 0.1) is 5.41 Å². The van der Waals surface area contributed by atoms with Gasteiger partial charge in [-0.1, -0.05) is 13.8 Å². The van der Waals surface area contributed by atoms with Crippen LogP contribution in [-0.4, -0.2) is 40.4 Å². The van der Waals surface area contributed by atoms with Crippen LogP contribution in [-0.2, 0) is 4.74 Å². The van der Waals surface area contributed by atoms with Crippen LogP contribution in [0.4, 0.5) is 4.79 Å². The van der Waals surface area contributed by atoms with E-state index in [1.54, 1.807) is 6.92 Å². The van der Waals surface area contributed by atoms with Crippen molar-refractivity contribution in [3.63, 3.8) is 0 Å². The van der Waals surface area contributed by atoms with Gasteiger partial charge in [0.25, 0.3) is 0 Å². The van der Waals surface area contributed by atoms with E-state index in [1.165, 1.54) is 0 Å². The van der Waals surface area contributed by atoms with Crippen molar-refractivity contribution >= 4 is 6.09 Å². The Morgan fingerprint density at radius 3 is 2.55 bits per heavy atom. The summed E-state index contributed by atoms with van der Waals surface area (Å²) in [7, 11) is 0. The standard InChI is InChI=1S/C16H31NO3/c1-12(18)7-8-13-9-10-16(5,6)11-17(13)14(19)20-15(2,3)4/h12-13,18H,7-11H2,1-6H3. The molecule has 1 rings (SSSR count). The molecule has 20 heavy (non-hydrogen) atoms. The molecule has 1 saturated heterocycles. The summed E-state index contributed by atoms with van der Waals surface area (Å²) in [5.41, 5.74) is -0.328. The van der Waals surface area contributed by atoms with Crippen molar-refractivity contribution in [1.29, 1.82) is 0 Å². The third-order valence-corrected chi connectivity index (χ3v) is 3.74. The number of likely N-dealkylation sites (tertiary alicyclic amines) is 1. The first-order valence-electron chi connectivity index (χ1n) is 7.68. The largest absolute Gasteiger partial charge is 0.444 e. The summed E-state index contributed by atoms with van der Waals surface area (Å²) >= 11 is 0. The second-order valence-corrected chi connectivity index (χ2v) is 7.89. The van der Waals surface area contributed by atoms with Crippen LogP contribution in [0.25, 0.3) is 0 Å². The smallest absolute Gasteiger partial charge is 0.410 e. The predicted molar refractivity (Wildman–Crippen MR) is 80.7 cm³/mol. The Labute approximate surface area is 123 Å². The molecule has 1 amide bonds. The van der Waals surface area contributed by atoms with E-state index in [4.69, 9.17) is 4.74 Å². The number of rotatable bonds is 3. The Hall–Kier alpha value is -0.770. The molecular formula is C16H31NO3. The average Bonchev–Trinajstić information content (AvgIpc) is 2.23. The third-order valence-electron chi connectivity index (χ3n) is 3.74. The quantitative estimate of drug-likeness (QED) is 0.862. The van der Waals surface area contributed by atoms with Gasteiger partial charge < -0.3 is 14.7 Å². The van der Waals surface area contributed by atoms with Crippen molar-refractivity contribution in [3.8, 4) is 0 Å². The van der Waals surface area contributed by atoms with Gasteiger partial charge in [-0.05, 0) is 58.8 Å². The van der Waals surface area contributed by atoms with Gasteiger partial charge in [0.15, 0.2) is 0 Å². The zero-order valence-electron chi connectivity index (χ0n) is 13.9. The molecule has 0 aromatic rings. The highest BCUT2D eigenvalue weighted by atomic mass is 16.6. The Morgan fingerprint density at radius 2 is 2.05 bits per heavy atom. The van der Waals surface area contributed by atoms with Gasteiger partial charge in [0.2, 0.25) is 0 Å². The fourth-order valence-electron chi connectivity index (χ4n) is 2.65. The first-order chi connectivity index (χ1) is 9.00. The fourth-order valence-corrected chi connectivity index (χ4v) is 2.65. The molecule has 4 nitrogen and oxygen atoms in total. The van der Waals surface area contributed by atoms with E-state index in [-0.39, 0.29) is 23.7 Å². The lowest BCUT2D eigenvalue weighted by molar-refractivity contribution is -0.0107. The van der Waals surface area contributed by atoms with Gasteiger partial charge in [-0.15, -0.1) is 0 Å². The van der Waals surface area contributed by atoms with Crippen molar-refractivity contribution in [2.45, 2.75) is 85.0 Å². The number of aliphatic hydroxyl groups excluding tert-OH is 1. The van der Waals surface area contributed by atoms with Crippen molar-refractivity contribution < 1.29 is 14.6 Å². The summed E-state index contributed by atoms with van der Waals surface area (Å²) in [6.45, 7) is 12.6. The number of amides is 1. The summed E-state index contributed by atoms with van der Waals surface area (Å²) < 4.78 is 5.53. The minimum atomic E-state index is -0.465. The number of piperidine rings is 1. The number of ether oxygens (including phenoxy) is 1. The molecule has 118 valence electrons. The molecule has 1 fully saturated rings. The number of hydrogen-bond acceptors (Lipinski definition) is 3. The van der Waals surface area contributed by atoms with Crippen molar-refractivity contribution in [3.05, 3.63) is 0 Å². The van der Waals surface area contributed by atoms with Crippen LogP contribution in [0.3, 0.4) is 0 Å². The van der Waals surface area contributed by atoms with Crippen molar-refractivity contribution in [2.75, 3.05) is 6.54 Å². The van der Waals surface area contributed by atoms with E-state index in [0.717, 1.165) is 32.2 Å². The van der Waals surface area contributed by atoms with Gasteiger partial charge in [-0.2, -0.15) is 0 Å². The zero-order chi connectivity index (χ0) is 15.6. The van der Waals surface area contributed by atoms with Crippen LogP contribution in [0.2, 0.25) is 0 Å². The van der Waals surface area contributed by atoms with Gasteiger partial charge in [0.05, 0.1) is 6.10 Å². The van der Waals surface area contributed by atoms with Gasteiger partial charge in [0, 0.05) is 12.6 Å².